The molecule has 9 heavy (non-hydrogen) atoms. The molecule has 0 radical (unpaired) electrons. The molecule has 1 aliphatic rings. The summed E-state index contributed by atoms with van der Waals surface area (Å²) in [4.78, 5) is 0. The van der Waals surface area contributed by atoms with Gasteiger partial charge in [-0.2, -0.15) is 0 Å². The van der Waals surface area contributed by atoms with E-state index in [-0.39, 0.29) is 0 Å². The van der Waals surface area contributed by atoms with Crippen LogP contribution in [-0.2, 0) is 4.74 Å². The van der Waals surface area contributed by atoms with Crippen molar-refractivity contribution in [2.75, 3.05) is 17.6 Å². The van der Waals surface area contributed by atoms with Gasteiger partial charge in [-0.05, 0) is 5.92 Å². The van der Waals surface area contributed by atoms with Gasteiger partial charge in [-0.3, -0.25) is 0 Å². The monoisotopic (exact) mass is 240 g/mol. The standard InChI is InChI=1S/C7H13IO/c1-6(2)7(3-8)4-9-5-7/h6H,3-5H2,1-2H3. The number of hydrogen-bond donors (Lipinski definition) is 0. The van der Waals surface area contributed by atoms with Crippen molar-refractivity contribution in [3.63, 3.8) is 0 Å². The van der Waals surface area contributed by atoms with Crippen LogP contribution in [-0.4, -0.2) is 17.6 Å². The normalized spacial score (nSPS) is 24.0. The third kappa shape index (κ3) is 1.24. The molecular weight excluding hydrogens is 227 g/mol. The maximum Gasteiger partial charge on any atom is 0.0554 e. The second kappa shape index (κ2) is 2.74. The lowest BCUT2D eigenvalue weighted by molar-refractivity contribution is -0.121. The zero-order chi connectivity index (χ0) is 6.91. The number of halogens is 1. The third-order valence-electron chi connectivity index (χ3n) is 2.27. The fourth-order valence-corrected chi connectivity index (χ4v) is 2.25. The molecule has 0 aliphatic carbocycles. The number of ether oxygens (including phenoxy) is 1. The van der Waals surface area contributed by atoms with Crippen molar-refractivity contribution < 1.29 is 4.74 Å². The summed E-state index contributed by atoms with van der Waals surface area (Å²) in [7, 11) is 0. The summed E-state index contributed by atoms with van der Waals surface area (Å²) in [5.41, 5.74) is 0.528. The number of alkyl halides is 1. The van der Waals surface area contributed by atoms with E-state index in [2.05, 4.69) is 36.4 Å². The first kappa shape index (κ1) is 7.79. The summed E-state index contributed by atoms with van der Waals surface area (Å²) >= 11 is 2.45. The molecule has 0 bridgehead atoms. The maximum atomic E-state index is 5.19. The van der Waals surface area contributed by atoms with Gasteiger partial charge in [-0.25, -0.2) is 0 Å². The molecule has 0 amide bonds. The van der Waals surface area contributed by atoms with Crippen LogP contribution in [0.15, 0.2) is 0 Å². The summed E-state index contributed by atoms with van der Waals surface area (Å²) in [5, 5.41) is 0. The Balaban J connectivity index is 2.46. The van der Waals surface area contributed by atoms with Crippen LogP contribution < -0.4 is 0 Å². The van der Waals surface area contributed by atoms with Gasteiger partial charge in [0, 0.05) is 9.84 Å². The Morgan fingerprint density at radius 3 is 2.11 bits per heavy atom. The first-order valence-corrected chi connectivity index (χ1v) is 4.87. The first-order valence-electron chi connectivity index (χ1n) is 3.35. The summed E-state index contributed by atoms with van der Waals surface area (Å²) in [5.74, 6) is 0.781. The van der Waals surface area contributed by atoms with Gasteiger partial charge in [-0.1, -0.05) is 36.4 Å². The molecule has 54 valence electrons. The first-order chi connectivity index (χ1) is 4.21. The largest absolute Gasteiger partial charge is 0.380 e. The van der Waals surface area contributed by atoms with Crippen LogP contribution in [0, 0.1) is 11.3 Å². The minimum absolute atomic E-state index is 0.528. The molecule has 1 fully saturated rings. The van der Waals surface area contributed by atoms with Gasteiger partial charge in [0.2, 0.25) is 0 Å². The highest BCUT2D eigenvalue weighted by Gasteiger charge is 2.40. The van der Waals surface area contributed by atoms with E-state index in [4.69, 9.17) is 4.74 Å². The van der Waals surface area contributed by atoms with Gasteiger partial charge in [0.1, 0.15) is 0 Å². The Kier molecular flexibility index (Phi) is 2.37. The zero-order valence-electron chi connectivity index (χ0n) is 5.98. The molecule has 0 aromatic carbocycles. The maximum absolute atomic E-state index is 5.19. The molecule has 0 saturated carbocycles. The van der Waals surface area contributed by atoms with Crippen molar-refractivity contribution in [3.8, 4) is 0 Å². The molecule has 0 unspecified atom stereocenters. The van der Waals surface area contributed by atoms with Crippen molar-refractivity contribution >= 4 is 22.6 Å². The van der Waals surface area contributed by atoms with E-state index in [0.29, 0.717) is 5.41 Å². The minimum atomic E-state index is 0.528. The minimum Gasteiger partial charge on any atom is -0.380 e. The van der Waals surface area contributed by atoms with Crippen molar-refractivity contribution in [1.29, 1.82) is 0 Å². The smallest absolute Gasteiger partial charge is 0.0554 e. The highest BCUT2D eigenvalue weighted by Crippen LogP contribution is 2.37. The molecule has 1 nitrogen and oxygen atoms in total. The Bertz CT molecular complexity index is 91.6. The highest BCUT2D eigenvalue weighted by molar-refractivity contribution is 14.1. The van der Waals surface area contributed by atoms with E-state index in [1.165, 1.54) is 4.43 Å². The Morgan fingerprint density at radius 2 is 2.11 bits per heavy atom. The van der Waals surface area contributed by atoms with Gasteiger partial charge in [-0.15, -0.1) is 0 Å². The van der Waals surface area contributed by atoms with Gasteiger partial charge >= 0.3 is 0 Å². The van der Waals surface area contributed by atoms with Crippen LogP contribution >= 0.6 is 22.6 Å². The lowest BCUT2D eigenvalue weighted by Crippen LogP contribution is -2.48. The highest BCUT2D eigenvalue weighted by atomic mass is 127. The second-order valence-electron chi connectivity index (χ2n) is 3.14. The van der Waals surface area contributed by atoms with E-state index < -0.39 is 0 Å². The predicted molar refractivity (Wildman–Crippen MR) is 47.0 cm³/mol. The van der Waals surface area contributed by atoms with Crippen molar-refractivity contribution in [2.45, 2.75) is 13.8 Å². The molecule has 0 spiro atoms. The molecule has 0 aromatic rings. The van der Waals surface area contributed by atoms with Gasteiger partial charge in [0.05, 0.1) is 13.2 Å². The number of hydrogen-bond acceptors (Lipinski definition) is 1. The average molecular weight is 240 g/mol. The summed E-state index contributed by atoms with van der Waals surface area (Å²) < 4.78 is 6.42. The summed E-state index contributed by atoms with van der Waals surface area (Å²) in [6, 6.07) is 0. The van der Waals surface area contributed by atoms with E-state index in [9.17, 15) is 0 Å². The summed E-state index contributed by atoms with van der Waals surface area (Å²) in [6.45, 7) is 6.52. The lowest BCUT2D eigenvalue weighted by atomic mass is 9.78. The van der Waals surface area contributed by atoms with E-state index in [1.54, 1.807) is 0 Å². The summed E-state index contributed by atoms with van der Waals surface area (Å²) in [6.07, 6.45) is 0. The molecule has 1 saturated heterocycles. The Morgan fingerprint density at radius 1 is 1.56 bits per heavy atom. The van der Waals surface area contributed by atoms with Gasteiger partial charge in [0.15, 0.2) is 0 Å². The molecular formula is C7H13IO. The average Bonchev–Trinajstić information content (AvgIpc) is 1.62. The van der Waals surface area contributed by atoms with Crippen LogP contribution in [0.4, 0.5) is 0 Å². The molecule has 1 rings (SSSR count). The van der Waals surface area contributed by atoms with E-state index in [1.807, 2.05) is 0 Å². The van der Waals surface area contributed by atoms with Crippen LogP contribution in [0.5, 0.6) is 0 Å². The molecule has 1 heterocycles. The third-order valence-corrected chi connectivity index (χ3v) is 3.79. The van der Waals surface area contributed by atoms with Gasteiger partial charge < -0.3 is 4.74 Å². The topological polar surface area (TPSA) is 9.23 Å². The molecule has 0 atom stereocenters. The Hall–Kier alpha value is 0.690. The second-order valence-corrected chi connectivity index (χ2v) is 3.91. The molecule has 0 aromatic heterocycles. The SMILES string of the molecule is CC(C)C1(CI)COC1. The Labute approximate surface area is 70.3 Å². The molecule has 0 N–H and O–H groups in total. The van der Waals surface area contributed by atoms with E-state index in [0.717, 1.165) is 19.1 Å². The zero-order valence-corrected chi connectivity index (χ0v) is 8.14. The fraction of sp³-hybridized carbons (Fsp3) is 1.00. The quantitative estimate of drug-likeness (QED) is 0.530. The van der Waals surface area contributed by atoms with Crippen LogP contribution in [0.2, 0.25) is 0 Å². The van der Waals surface area contributed by atoms with E-state index >= 15 is 0 Å². The van der Waals surface area contributed by atoms with Crippen molar-refractivity contribution in [1.82, 2.24) is 0 Å². The van der Waals surface area contributed by atoms with Crippen LogP contribution in [0.1, 0.15) is 13.8 Å². The number of rotatable bonds is 2. The van der Waals surface area contributed by atoms with Crippen LogP contribution in [0.3, 0.4) is 0 Å². The van der Waals surface area contributed by atoms with Crippen molar-refractivity contribution in [3.05, 3.63) is 0 Å². The van der Waals surface area contributed by atoms with Crippen LogP contribution in [0.25, 0.3) is 0 Å². The fourth-order valence-electron chi connectivity index (χ4n) is 0.929. The predicted octanol–water partition coefficient (Wildman–Crippen LogP) is 2.09. The van der Waals surface area contributed by atoms with Crippen molar-refractivity contribution in [2.24, 2.45) is 11.3 Å². The molecule has 1 aliphatic heterocycles. The lowest BCUT2D eigenvalue weighted by Gasteiger charge is -2.43. The molecule has 2 heteroatoms. The van der Waals surface area contributed by atoms with Gasteiger partial charge in [0.25, 0.3) is 0 Å².